The fourth-order valence-electron chi connectivity index (χ4n) is 1.99. The van der Waals surface area contributed by atoms with E-state index in [1.807, 2.05) is 13.8 Å². The van der Waals surface area contributed by atoms with Crippen LogP contribution in [0, 0.1) is 5.41 Å². The second kappa shape index (κ2) is 2.46. The topological polar surface area (TPSA) is 38.3 Å². The van der Waals surface area contributed by atoms with Crippen LogP contribution >= 0.6 is 0 Å². The lowest BCUT2D eigenvalue weighted by Gasteiger charge is -2.46. The monoisotopic (exact) mass is 169 g/mol. The van der Waals surface area contributed by atoms with Crippen LogP contribution in [0.5, 0.6) is 0 Å². The van der Waals surface area contributed by atoms with Crippen LogP contribution in [-0.4, -0.2) is 24.7 Å². The van der Waals surface area contributed by atoms with Gasteiger partial charge in [0.2, 0.25) is 5.91 Å². The molecule has 0 saturated carbocycles. The standard InChI is InChI=1S/C9H15NO2/c1-9(2)7(10-8(9)11)6-4-3-5-12-6/h6-7H,3-5H2,1-2H3,(H,10,11)/t6-,7-/m0/s1. The second-order valence-corrected chi connectivity index (χ2v) is 4.22. The average molecular weight is 169 g/mol. The zero-order chi connectivity index (χ0) is 8.77. The fourth-order valence-corrected chi connectivity index (χ4v) is 1.99. The first-order chi connectivity index (χ1) is 5.62. The molecule has 2 saturated heterocycles. The molecule has 1 N–H and O–H groups in total. The molecule has 0 radical (unpaired) electrons. The summed E-state index contributed by atoms with van der Waals surface area (Å²) >= 11 is 0. The van der Waals surface area contributed by atoms with E-state index in [1.165, 1.54) is 0 Å². The van der Waals surface area contributed by atoms with E-state index in [-0.39, 0.29) is 23.5 Å². The lowest BCUT2D eigenvalue weighted by Crippen LogP contribution is -2.68. The van der Waals surface area contributed by atoms with Crippen LogP contribution in [0.25, 0.3) is 0 Å². The summed E-state index contributed by atoms with van der Waals surface area (Å²) < 4.78 is 5.53. The second-order valence-electron chi connectivity index (χ2n) is 4.22. The van der Waals surface area contributed by atoms with Crippen molar-refractivity contribution >= 4 is 5.91 Å². The Labute approximate surface area is 72.5 Å². The van der Waals surface area contributed by atoms with Crippen LogP contribution in [-0.2, 0) is 9.53 Å². The van der Waals surface area contributed by atoms with Gasteiger partial charge in [0.1, 0.15) is 0 Å². The van der Waals surface area contributed by atoms with Crippen molar-refractivity contribution < 1.29 is 9.53 Å². The third kappa shape index (κ3) is 0.959. The number of rotatable bonds is 1. The van der Waals surface area contributed by atoms with Gasteiger partial charge in [0.15, 0.2) is 0 Å². The van der Waals surface area contributed by atoms with Crippen molar-refractivity contribution in [3.8, 4) is 0 Å². The normalized spacial score (nSPS) is 39.0. The van der Waals surface area contributed by atoms with Gasteiger partial charge in [-0.05, 0) is 26.7 Å². The molecular formula is C9H15NO2. The van der Waals surface area contributed by atoms with E-state index in [0.717, 1.165) is 19.4 Å². The highest BCUT2D eigenvalue weighted by atomic mass is 16.5. The molecule has 0 aromatic rings. The summed E-state index contributed by atoms with van der Waals surface area (Å²) in [4.78, 5) is 11.2. The first-order valence-corrected chi connectivity index (χ1v) is 4.55. The number of hydrogen-bond donors (Lipinski definition) is 1. The molecule has 1 amide bonds. The Morgan fingerprint density at radius 2 is 2.33 bits per heavy atom. The smallest absolute Gasteiger partial charge is 0.228 e. The van der Waals surface area contributed by atoms with Gasteiger partial charge in [-0.15, -0.1) is 0 Å². The minimum absolute atomic E-state index is 0.156. The van der Waals surface area contributed by atoms with E-state index in [4.69, 9.17) is 4.74 Å². The number of ether oxygens (including phenoxy) is 1. The predicted molar refractivity (Wildman–Crippen MR) is 44.7 cm³/mol. The van der Waals surface area contributed by atoms with Crippen molar-refractivity contribution in [2.24, 2.45) is 5.41 Å². The molecule has 3 nitrogen and oxygen atoms in total. The highest BCUT2D eigenvalue weighted by Gasteiger charge is 2.51. The average Bonchev–Trinajstić information content (AvgIpc) is 2.51. The van der Waals surface area contributed by atoms with Crippen LogP contribution < -0.4 is 5.32 Å². The molecule has 0 aromatic heterocycles. The van der Waals surface area contributed by atoms with Gasteiger partial charge in [0.25, 0.3) is 0 Å². The predicted octanol–water partition coefficient (Wildman–Crippen LogP) is 0.690. The number of β-lactam (4-membered cyclic amide) rings is 1. The van der Waals surface area contributed by atoms with Crippen LogP contribution in [0.4, 0.5) is 0 Å². The maximum atomic E-state index is 11.2. The number of carbonyl (C=O) groups excluding carboxylic acids is 1. The van der Waals surface area contributed by atoms with Crippen molar-refractivity contribution in [1.82, 2.24) is 5.32 Å². The van der Waals surface area contributed by atoms with Crippen molar-refractivity contribution in [3.63, 3.8) is 0 Å². The molecular weight excluding hydrogens is 154 g/mol. The summed E-state index contributed by atoms with van der Waals surface area (Å²) in [6.07, 6.45) is 2.49. The number of nitrogens with one attached hydrogen (secondary N) is 1. The van der Waals surface area contributed by atoms with Crippen LogP contribution in [0.3, 0.4) is 0 Å². The summed E-state index contributed by atoms with van der Waals surface area (Å²) in [7, 11) is 0. The fraction of sp³-hybridized carbons (Fsp3) is 0.889. The minimum atomic E-state index is -0.213. The Kier molecular flexibility index (Phi) is 1.65. The van der Waals surface area contributed by atoms with Crippen molar-refractivity contribution in [2.45, 2.75) is 38.8 Å². The van der Waals surface area contributed by atoms with E-state index in [1.54, 1.807) is 0 Å². The van der Waals surface area contributed by atoms with Gasteiger partial charge in [0.05, 0.1) is 17.6 Å². The van der Waals surface area contributed by atoms with Crippen molar-refractivity contribution in [2.75, 3.05) is 6.61 Å². The van der Waals surface area contributed by atoms with Gasteiger partial charge in [-0.25, -0.2) is 0 Å². The van der Waals surface area contributed by atoms with Gasteiger partial charge in [-0.3, -0.25) is 4.79 Å². The molecule has 2 rings (SSSR count). The zero-order valence-corrected chi connectivity index (χ0v) is 7.59. The Balaban J connectivity index is 2.02. The van der Waals surface area contributed by atoms with Crippen molar-refractivity contribution in [1.29, 1.82) is 0 Å². The van der Waals surface area contributed by atoms with E-state index < -0.39 is 0 Å². The molecule has 68 valence electrons. The molecule has 2 aliphatic rings. The Bertz CT molecular complexity index is 207. The van der Waals surface area contributed by atoms with E-state index in [2.05, 4.69) is 5.32 Å². The van der Waals surface area contributed by atoms with Gasteiger partial charge in [-0.2, -0.15) is 0 Å². The molecule has 0 unspecified atom stereocenters. The van der Waals surface area contributed by atoms with E-state index in [0.29, 0.717) is 0 Å². The van der Waals surface area contributed by atoms with Gasteiger partial charge in [-0.1, -0.05) is 0 Å². The number of carbonyl (C=O) groups is 1. The van der Waals surface area contributed by atoms with Crippen LogP contribution in [0.15, 0.2) is 0 Å². The maximum absolute atomic E-state index is 11.2. The molecule has 2 heterocycles. The third-order valence-electron chi connectivity index (χ3n) is 2.99. The lowest BCUT2D eigenvalue weighted by molar-refractivity contribution is -0.148. The Morgan fingerprint density at radius 3 is 2.75 bits per heavy atom. The van der Waals surface area contributed by atoms with E-state index >= 15 is 0 Å². The van der Waals surface area contributed by atoms with Crippen molar-refractivity contribution in [3.05, 3.63) is 0 Å². The molecule has 3 heteroatoms. The van der Waals surface area contributed by atoms with Gasteiger partial charge in [0, 0.05) is 6.61 Å². The minimum Gasteiger partial charge on any atom is -0.376 e. The molecule has 0 spiro atoms. The highest BCUT2D eigenvalue weighted by Crippen LogP contribution is 2.35. The van der Waals surface area contributed by atoms with Gasteiger partial charge < -0.3 is 10.1 Å². The first-order valence-electron chi connectivity index (χ1n) is 4.55. The SMILES string of the molecule is CC1(C)C(=O)N[C@H]1[C@@H]1CCCO1. The summed E-state index contributed by atoms with van der Waals surface area (Å²) in [6.45, 7) is 4.82. The number of hydrogen-bond acceptors (Lipinski definition) is 2. The summed E-state index contributed by atoms with van der Waals surface area (Å²) in [5.74, 6) is 0.156. The largest absolute Gasteiger partial charge is 0.376 e. The van der Waals surface area contributed by atoms with Gasteiger partial charge >= 0.3 is 0 Å². The quantitative estimate of drug-likeness (QED) is 0.586. The van der Waals surface area contributed by atoms with Crippen LogP contribution in [0.1, 0.15) is 26.7 Å². The maximum Gasteiger partial charge on any atom is 0.228 e. The molecule has 0 aromatic carbocycles. The van der Waals surface area contributed by atoms with Crippen LogP contribution in [0.2, 0.25) is 0 Å². The Hall–Kier alpha value is -0.570. The number of amides is 1. The highest BCUT2D eigenvalue weighted by molar-refractivity contribution is 5.89. The third-order valence-corrected chi connectivity index (χ3v) is 2.99. The first kappa shape index (κ1) is 8.05. The molecule has 12 heavy (non-hydrogen) atoms. The summed E-state index contributed by atoms with van der Waals surface area (Å²) in [5, 5.41) is 2.91. The Morgan fingerprint density at radius 1 is 1.58 bits per heavy atom. The van der Waals surface area contributed by atoms with E-state index in [9.17, 15) is 4.79 Å². The molecule has 2 aliphatic heterocycles. The summed E-state index contributed by atoms with van der Waals surface area (Å²) in [5.41, 5.74) is -0.213. The molecule has 2 atom stereocenters. The zero-order valence-electron chi connectivity index (χ0n) is 7.59. The summed E-state index contributed by atoms with van der Waals surface area (Å²) in [6, 6.07) is 0.243. The molecule has 2 fully saturated rings. The molecule has 0 aliphatic carbocycles. The molecule has 0 bridgehead atoms. The lowest BCUT2D eigenvalue weighted by atomic mass is 9.73.